The molecular formula is C16H13N3O3. The van der Waals surface area contributed by atoms with Crippen molar-refractivity contribution in [3.05, 3.63) is 61.0 Å². The number of hydrogen-bond donors (Lipinski definition) is 1. The zero-order valence-corrected chi connectivity index (χ0v) is 11.6. The Morgan fingerprint density at radius 2 is 1.86 bits per heavy atom. The number of benzene rings is 2. The quantitative estimate of drug-likeness (QED) is 0.783. The van der Waals surface area contributed by atoms with Crippen LogP contribution in [0.5, 0.6) is 5.75 Å². The van der Waals surface area contributed by atoms with E-state index in [0.29, 0.717) is 11.6 Å². The Morgan fingerprint density at radius 3 is 2.55 bits per heavy atom. The lowest BCUT2D eigenvalue weighted by Crippen LogP contribution is -2.20. The van der Waals surface area contributed by atoms with Crippen molar-refractivity contribution < 1.29 is 13.9 Å². The summed E-state index contributed by atoms with van der Waals surface area (Å²) in [5, 5.41) is 10.2. The van der Waals surface area contributed by atoms with Gasteiger partial charge < -0.3 is 14.5 Å². The van der Waals surface area contributed by atoms with Gasteiger partial charge in [0.15, 0.2) is 6.61 Å². The first kappa shape index (κ1) is 13.8. The lowest BCUT2D eigenvalue weighted by molar-refractivity contribution is -0.118. The van der Waals surface area contributed by atoms with Crippen LogP contribution in [0.2, 0.25) is 0 Å². The fraction of sp³-hybridized carbons (Fsp3) is 0.0625. The molecule has 0 saturated heterocycles. The molecule has 0 aliphatic heterocycles. The number of ether oxygens (including phenoxy) is 1. The van der Waals surface area contributed by atoms with Crippen molar-refractivity contribution >= 4 is 11.6 Å². The summed E-state index contributed by atoms with van der Waals surface area (Å²) in [4.78, 5) is 11.8. The second-order valence-electron chi connectivity index (χ2n) is 4.47. The molecule has 0 radical (unpaired) electrons. The van der Waals surface area contributed by atoms with Gasteiger partial charge in [0.1, 0.15) is 5.75 Å². The third-order valence-corrected chi connectivity index (χ3v) is 2.89. The van der Waals surface area contributed by atoms with E-state index >= 15 is 0 Å². The van der Waals surface area contributed by atoms with Crippen LogP contribution >= 0.6 is 0 Å². The monoisotopic (exact) mass is 295 g/mol. The highest BCUT2D eigenvalue weighted by Gasteiger charge is 2.06. The molecule has 3 rings (SSSR count). The van der Waals surface area contributed by atoms with Crippen molar-refractivity contribution in [3.8, 4) is 17.2 Å². The van der Waals surface area contributed by atoms with E-state index in [2.05, 4.69) is 15.5 Å². The van der Waals surface area contributed by atoms with E-state index in [1.54, 1.807) is 24.3 Å². The number of rotatable bonds is 5. The van der Waals surface area contributed by atoms with Crippen LogP contribution in [0.4, 0.5) is 5.69 Å². The van der Waals surface area contributed by atoms with Gasteiger partial charge in [-0.25, -0.2) is 0 Å². The first-order valence-electron chi connectivity index (χ1n) is 6.65. The summed E-state index contributed by atoms with van der Waals surface area (Å²) < 4.78 is 10.5. The Balaban J connectivity index is 1.54. The Labute approximate surface area is 126 Å². The van der Waals surface area contributed by atoms with Gasteiger partial charge in [-0.2, -0.15) is 0 Å². The average molecular weight is 295 g/mol. The van der Waals surface area contributed by atoms with Crippen LogP contribution in [0.15, 0.2) is 65.4 Å². The Morgan fingerprint density at radius 1 is 1.09 bits per heavy atom. The van der Waals surface area contributed by atoms with Crippen molar-refractivity contribution in [1.82, 2.24) is 10.2 Å². The van der Waals surface area contributed by atoms with E-state index in [4.69, 9.17) is 9.15 Å². The molecule has 0 fully saturated rings. The van der Waals surface area contributed by atoms with Crippen molar-refractivity contribution in [1.29, 1.82) is 0 Å². The maximum atomic E-state index is 11.8. The summed E-state index contributed by atoms with van der Waals surface area (Å²) in [5.41, 5.74) is 1.53. The molecule has 2 aromatic carbocycles. The number of carbonyl (C=O) groups is 1. The van der Waals surface area contributed by atoms with Gasteiger partial charge in [-0.05, 0) is 36.4 Å². The van der Waals surface area contributed by atoms with Gasteiger partial charge in [-0.15, -0.1) is 10.2 Å². The lowest BCUT2D eigenvalue weighted by Gasteiger charge is -2.07. The van der Waals surface area contributed by atoms with Gasteiger partial charge in [-0.1, -0.05) is 18.2 Å². The van der Waals surface area contributed by atoms with Crippen LogP contribution < -0.4 is 10.1 Å². The molecule has 0 aliphatic carbocycles. The fourth-order valence-electron chi connectivity index (χ4n) is 1.86. The lowest BCUT2D eigenvalue weighted by atomic mass is 10.2. The second-order valence-corrected chi connectivity index (χ2v) is 4.47. The van der Waals surface area contributed by atoms with Gasteiger partial charge in [0.2, 0.25) is 12.3 Å². The molecular weight excluding hydrogens is 282 g/mol. The fourth-order valence-corrected chi connectivity index (χ4v) is 1.86. The largest absolute Gasteiger partial charge is 0.484 e. The summed E-state index contributed by atoms with van der Waals surface area (Å²) in [6.45, 7) is -0.0607. The summed E-state index contributed by atoms with van der Waals surface area (Å²) in [7, 11) is 0. The highest BCUT2D eigenvalue weighted by atomic mass is 16.5. The number of nitrogens with zero attached hydrogens (tertiary/aromatic N) is 2. The highest BCUT2D eigenvalue weighted by molar-refractivity contribution is 5.91. The minimum absolute atomic E-state index is 0.0607. The number of carbonyl (C=O) groups excluding carboxylic acids is 1. The molecule has 0 bridgehead atoms. The van der Waals surface area contributed by atoms with Crippen molar-refractivity contribution in [2.75, 3.05) is 11.9 Å². The number of aromatic nitrogens is 2. The molecule has 1 heterocycles. The Hall–Kier alpha value is -3.15. The van der Waals surface area contributed by atoms with Gasteiger partial charge in [0.25, 0.3) is 5.91 Å². The van der Waals surface area contributed by atoms with Crippen LogP contribution in [-0.4, -0.2) is 22.7 Å². The molecule has 0 aliphatic rings. The van der Waals surface area contributed by atoms with Crippen molar-refractivity contribution in [2.24, 2.45) is 0 Å². The molecule has 22 heavy (non-hydrogen) atoms. The van der Waals surface area contributed by atoms with Crippen LogP contribution in [0.1, 0.15) is 0 Å². The molecule has 3 aromatic rings. The van der Waals surface area contributed by atoms with E-state index in [0.717, 1.165) is 11.3 Å². The number of para-hydroxylation sites is 1. The molecule has 1 N–H and O–H groups in total. The minimum atomic E-state index is -0.216. The third kappa shape index (κ3) is 3.49. The van der Waals surface area contributed by atoms with E-state index in [1.807, 2.05) is 30.3 Å². The van der Waals surface area contributed by atoms with E-state index in [9.17, 15) is 4.79 Å². The number of nitrogens with one attached hydrogen (secondary N) is 1. The average Bonchev–Trinajstić information content (AvgIpc) is 3.09. The SMILES string of the molecule is O=C(COc1ccc(-c2nnco2)cc1)Nc1ccccc1. The summed E-state index contributed by atoms with van der Waals surface area (Å²) >= 11 is 0. The van der Waals surface area contributed by atoms with E-state index < -0.39 is 0 Å². The normalized spacial score (nSPS) is 10.2. The third-order valence-electron chi connectivity index (χ3n) is 2.89. The standard InChI is InChI=1S/C16H13N3O3/c20-15(18-13-4-2-1-3-5-13)10-21-14-8-6-12(7-9-14)16-19-17-11-22-16/h1-9,11H,10H2,(H,18,20). The molecule has 110 valence electrons. The molecule has 1 amide bonds. The number of anilines is 1. The van der Waals surface area contributed by atoms with Crippen LogP contribution in [0.3, 0.4) is 0 Å². The zero-order valence-electron chi connectivity index (χ0n) is 11.6. The van der Waals surface area contributed by atoms with E-state index in [-0.39, 0.29) is 12.5 Å². The van der Waals surface area contributed by atoms with Crippen LogP contribution in [0, 0.1) is 0 Å². The summed E-state index contributed by atoms with van der Waals surface area (Å²) in [6.07, 6.45) is 1.27. The second kappa shape index (κ2) is 6.53. The van der Waals surface area contributed by atoms with Gasteiger partial charge in [-0.3, -0.25) is 4.79 Å². The Bertz CT molecular complexity index is 725. The van der Waals surface area contributed by atoms with Gasteiger partial charge >= 0.3 is 0 Å². The predicted molar refractivity (Wildman–Crippen MR) is 80.3 cm³/mol. The molecule has 1 aromatic heterocycles. The molecule has 6 nitrogen and oxygen atoms in total. The van der Waals surface area contributed by atoms with Gasteiger partial charge in [0.05, 0.1) is 0 Å². The molecule has 6 heteroatoms. The van der Waals surface area contributed by atoms with Crippen LogP contribution in [0.25, 0.3) is 11.5 Å². The first-order chi connectivity index (χ1) is 10.8. The summed E-state index contributed by atoms with van der Waals surface area (Å²) in [6, 6.07) is 16.3. The smallest absolute Gasteiger partial charge is 0.262 e. The minimum Gasteiger partial charge on any atom is -0.484 e. The van der Waals surface area contributed by atoms with Crippen molar-refractivity contribution in [2.45, 2.75) is 0 Å². The Kier molecular flexibility index (Phi) is 4.10. The maximum Gasteiger partial charge on any atom is 0.262 e. The van der Waals surface area contributed by atoms with Gasteiger partial charge in [0, 0.05) is 11.3 Å². The maximum absolute atomic E-state index is 11.8. The number of amides is 1. The molecule has 0 unspecified atom stereocenters. The number of hydrogen-bond acceptors (Lipinski definition) is 5. The van der Waals surface area contributed by atoms with E-state index in [1.165, 1.54) is 6.39 Å². The highest BCUT2D eigenvalue weighted by Crippen LogP contribution is 2.20. The topological polar surface area (TPSA) is 77.2 Å². The summed E-state index contributed by atoms with van der Waals surface area (Å²) in [5.74, 6) is 0.812. The molecule has 0 saturated carbocycles. The van der Waals surface area contributed by atoms with Crippen molar-refractivity contribution in [3.63, 3.8) is 0 Å². The zero-order chi connectivity index (χ0) is 15.2. The molecule has 0 spiro atoms. The molecule has 0 atom stereocenters. The first-order valence-corrected chi connectivity index (χ1v) is 6.65. The predicted octanol–water partition coefficient (Wildman–Crippen LogP) is 2.75. The van der Waals surface area contributed by atoms with Crippen LogP contribution in [-0.2, 0) is 4.79 Å².